The minimum atomic E-state index is -1.38. The number of carbonyl (C=O) groups excluding carboxylic acids is 1. The van der Waals surface area contributed by atoms with Gasteiger partial charge in [-0.1, -0.05) is 12.8 Å². The van der Waals surface area contributed by atoms with Gasteiger partial charge in [0, 0.05) is 12.6 Å². The van der Waals surface area contributed by atoms with Gasteiger partial charge in [-0.3, -0.25) is 4.79 Å². The zero-order valence-corrected chi connectivity index (χ0v) is 12.0. The molecule has 0 spiro atoms. The molecule has 1 aliphatic heterocycles. The lowest BCUT2D eigenvalue weighted by molar-refractivity contribution is -0.145. The summed E-state index contributed by atoms with van der Waals surface area (Å²) in [6.07, 6.45) is 5.77. The van der Waals surface area contributed by atoms with E-state index >= 15 is 0 Å². The van der Waals surface area contributed by atoms with Crippen LogP contribution in [-0.4, -0.2) is 51.7 Å². The molecule has 21 heavy (non-hydrogen) atoms. The molecule has 2 rings (SSSR count). The first-order chi connectivity index (χ1) is 9.99. The topological polar surface area (TPSA) is 107 Å². The van der Waals surface area contributed by atoms with Gasteiger partial charge < -0.3 is 20.4 Å². The minimum absolute atomic E-state index is 0.173. The summed E-state index contributed by atoms with van der Waals surface area (Å²) >= 11 is 0. The molecule has 0 aromatic heterocycles. The minimum Gasteiger partial charge on any atom is -0.481 e. The third-order valence-corrected chi connectivity index (χ3v) is 4.48. The highest BCUT2D eigenvalue weighted by Crippen LogP contribution is 2.35. The Hall–Kier alpha value is -1.79. The summed E-state index contributed by atoms with van der Waals surface area (Å²) < 4.78 is 0. The number of aliphatic carboxylic acids is 2. The molecule has 2 fully saturated rings. The maximum Gasteiger partial charge on any atom is 0.326 e. The van der Waals surface area contributed by atoms with Crippen LogP contribution in [0, 0.1) is 5.92 Å². The van der Waals surface area contributed by atoms with Crippen molar-refractivity contribution in [2.75, 3.05) is 6.54 Å². The average molecular weight is 298 g/mol. The van der Waals surface area contributed by atoms with Crippen molar-refractivity contribution in [2.45, 2.75) is 57.0 Å². The van der Waals surface area contributed by atoms with Crippen molar-refractivity contribution in [3.63, 3.8) is 0 Å². The molecule has 3 atom stereocenters. The van der Waals surface area contributed by atoms with Gasteiger partial charge in [0.1, 0.15) is 6.04 Å². The quantitative estimate of drug-likeness (QED) is 0.724. The lowest BCUT2D eigenvalue weighted by Gasteiger charge is -2.44. The zero-order chi connectivity index (χ0) is 15.4. The summed E-state index contributed by atoms with van der Waals surface area (Å²) in [6, 6.07) is -1.65. The Morgan fingerprint density at radius 3 is 2.43 bits per heavy atom. The summed E-state index contributed by atoms with van der Waals surface area (Å²) in [7, 11) is 0. The van der Waals surface area contributed by atoms with E-state index in [-0.39, 0.29) is 6.04 Å². The predicted octanol–water partition coefficient (Wildman–Crippen LogP) is 1.28. The van der Waals surface area contributed by atoms with Crippen molar-refractivity contribution in [1.82, 2.24) is 10.2 Å². The van der Waals surface area contributed by atoms with E-state index in [0.717, 1.165) is 32.1 Å². The normalized spacial score (nSPS) is 26.6. The number of fused-ring (bicyclic) bond motifs is 1. The number of amides is 2. The largest absolute Gasteiger partial charge is 0.481 e. The standard InChI is InChI=1S/C14H22N2O5/c17-12(18)8-10(13(19)20)15-14(21)16-7-3-5-9-4-1-2-6-11(9)16/h9-11H,1-8H2,(H,15,21)(H,17,18)(H,19,20)/t9?,10-,11?/m0/s1. The molecule has 1 heterocycles. The Morgan fingerprint density at radius 1 is 1.10 bits per heavy atom. The number of carboxylic acids is 2. The maximum absolute atomic E-state index is 12.3. The van der Waals surface area contributed by atoms with Gasteiger partial charge in [0.2, 0.25) is 0 Å². The molecule has 2 aliphatic rings. The van der Waals surface area contributed by atoms with E-state index in [2.05, 4.69) is 5.32 Å². The lowest BCUT2D eigenvalue weighted by atomic mass is 9.78. The molecule has 0 aromatic carbocycles. The van der Waals surface area contributed by atoms with Crippen molar-refractivity contribution in [3.05, 3.63) is 0 Å². The molecule has 0 radical (unpaired) electrons. The van der Waals surface area contributed by atoms with Gasteiger partial charge in [-0.15, -0.1) is 0 Å². The molecule has 7 heteroatoms. The fraction of sp³-hybridized carbons (Fsp3) is 0.786. The van der Waals surface area contributed by atoms with E-state index < -0.39 is 30.4 Å². The van der Waals surface area contributed by atoms with Crippen molar-refractivity contribution < 1.29 is 24.6 Å². The van der Waals surface area contributed by atoms with Crippen LogP contribution in [0.5, 0.6) is 0 Å². The Morgan fingerprint density at radius 2 is 1.76 bits per heavy atom. The fourth-order valence-electron chi connectivity index (χ4n) is 3.48. The van der Waals surface area contributed by atoms with Crippen LogP contribution in [0.4, 0.5) is 4.79 Å². The summed E-state index contributed by atoms with van der Waals surface area (Å²) in [5, 5.41) is 20.1. The van der Waals surface area contributed by atoms with Crippen LogP contribution in [0.15, 0.2) is 0 Å². The SMILES string of the molecule is O=C(O)C[C@H](NC(=O)N1CCCC2CCCCC21)C(=O)O. The van der Waals surface area contributed by atoms with Crippen molar-refractivity contribution >= 4 is 18.0 Å². The molecule has 1 aliphatic carbocycles. The van der Waals surface area contributed by atoms with Crippen LogP contribution < -0.4 is 5.32 Å². The number of hydrogen-bond donors (Lipinski definition) is 3. The van der Waals surface area contributed by atoms with Crippen molar-refractivity contribution in [3.8, 4) is 0 Å². The second kappa shape index (κ2) is 6.78. The van der Waals surface area contributed by atoms with Gasteiger partial charge in [0.15, 0.2) is 0 Å². The van der Waals surface area contributed by atoms with Crippen molar-refractivity contribution in [1.29, 1.82) is 0 Å². The smallest absolute Gasteiger partial charge is 0.326 e. The Balaban J connectivity index is 2.00. The van der Waals surface area contributed by atoms with Gasteiger partial charge in [-0.05, 0) is 31.6 Å². The van der Waals surface area contributed by atoms with Gasteiger partial charge in [0.05, 0.1) is 6.42 Å². The number of carboxylic acid groups (broad SMARTS) is 2. The van der Waals surface area contributed by atoms with Crippen LogP contribution in [0.25, 0.3) is 0 Å². The van der Waals surface area contributed by atoms with E-state index in [4.69, 9.17) is 10.2 Å². The second-order valence-electron chi connectivity index (χ2n) is 5.89. The Labute approximate surface area is 123 Å². The number of nitrogens with one attached hydrogen (secondary N) is 1. The molecule has 1 saturated carbocycles. The number of nitrogens with zero attached hydrogens (tertiary/aromatic N) is 1. The highest BCUT2D eigenvalue weighted by molar-refractivity contribution is 5.86. The van der Waals surface area contributed by atoms with Gasteiger partial charge in [-0.25, -0.2) is 9.59 Å². The number of hydrogen-bond acceptors (Lipinski definition) is 3. The molecule has 7 nitrogen and oxygen atoms in total. The Bertz CT molecular complexity index is 424. The molecule has 118 valence electrons. The summed E-state index contributed by atoms with van der Waals surface area (Å²) in [5.41, 5.74) is 0. The molecule has 2 unspecified atom stereocenters. The van der Waals surface area contributed by atoms with Crippen LogP contribution in [0.2, 0.25) is 0 Å². The summed E-state index contributed by atoms with van der Waals surface area (Å²) in [5.74, 6) is -2.05. The lowest BCUT2D eigenvalue weighted by Crippen LogP contribution is -2.56. The fourth-order valence-corrected chi connectivity index (χ4v) is 3.48. The van der Waals surface area contributed by atoms with E-state index in [1.54, 1.807) is 4.90 Å². The third-order valence-electron chi connectivity index (χ3n) is 4.48. The highest BCUT2D eigenvalue weighted by atomic mass is 16.4. The van der Waals surface area contributed by atoms with Crippen LogP contribution in [0.3, 0.4) is 0 Å². The Kier molecular flexibility index (Phi) is 5.03. The van der Waals surface area contributed by atoms with Crippen LogP contribution in [0.1, 0.15) is 44.9 Å². The van der Waals surface area contributed by atoms with Gasteiger partial charge in [-0.2, -0.15) is 0 Å². The molecular formula is C14H22N2O5. The second-order valence-corrected chi connectivity index (χ2v) is 5.89. The van der Waals surface area contributed by atoms with Gasteiger partial charge in [0.25, 0.3) is 0 Å². The highest BCUT2D eigenvalue weighted by Gasteiger charge is 2.37. The number of urea groups is 1. The first-order valence-electron chi connectivity index (χ1n) is 7.50. The third kappa shape index (κ3) is 3.86. The number of piperidine rings is 1. The molecule has 0 bridgehead atoms. The number of rotatable bonds is 4. The molecule has 0 aromatic rings. The molecule has 3 N–H and O–H groups in total. The van der Waals surface area contributed by atoms with E-state index in [9.17, 15) is 14.4 Å². The van der Waals surface area contributed by atoms with E-state index in [0.29, 0.717) is 12.5 Å². The first-order valence-corrected chi connectivity index (χ1v) is 7.50. The first kappa shape index (κ1) is 15.6. The van der Waals surface area contributed by atoms with E-state index in [1.165, 1.54) is 6.42 Å². The molecular weight excluding hydrogens is 276 g/mol. The van der Waals surface area contributed by atoms with Gasteiger partial charge >= 0.3 is 18.0 Å². The van der Waals surface area contributed by atoms with Crippen molar-refractivity contribution in [2.24, 2.45) is 5.92 Å². The average Bonchev–Trinajstić information content (AvgIpc) is 2.45. The number of carbonyl (C=O) groups is 3. The monoisotopic (exact) mass is 298 g/mol. The van der Waals surface area contributed by atoms with E-state index in [1.807, 2.05) is 0 Å². The summed E-state index contributed by atoms with van der Waals surface area (Å²) in [6.45, 7) is 0.617. The zero-order valence-electron chi connectivity index (χ0n) is 12.0. The van der Waals surface area contributed by atoms with Crippen LogP contribution >= 0.6 is 0 Å². The molecule has 1 saturated heterocycles. The summed E-state index contributed by atoms with van der Waals surface area (Å²) in [4.78, 5) is 35.7. The maximum atomic E-state index is 12.3. The molecule has 2 amide bonds. The predicted molar refractivity (Wildman–Crippen MR) is 73.9 cm³/mol. The van der Waals surface area contributed by atoms with Crippen LogP contribution in [-0.2, 0) is 9.59 Å². The number of likely N-dealkylation sites (tertiary alicyclic amines) is 1.